The number of amides is 2. The summed E-state index contributed by atoms with van der Waals surface area (Å²) in [5, 5.41) is 15.2. The Morgan fingerprint density at radius 3 is 2.79 bits per heavy atom. The van der Waals surface area contributed by atoms with Crippen LogP contribution < -0.4 is 15.5 Å². The van der Waals surface area contributed by atoms with E-state index in [2.05, 4.69) is 15.6 Å². The third-order valence-corrected chi connectivity index (χ3v) is 2.95. The maximum Gasteiger partial charge on any atom is 0.315 e. The van der Waals surface area contributed by atoms with Gasteiger partial charge >= 0.3 is 16.9 Å². The monoisotopic (exact) mass is 289 g/mol. The predicted octanol–water partition coefficient (Wildman–Crippen LogP) is -0.275. The largest absolute Gasteiger partial charge is 0.481 e. The second kappa shape index (κ2) is 7.54. The number of nitrogens with one attached hydrogen (secondary N) is 3. The Morgan fingerprint density at radius 1 is 1.53 bits per heavy atom. The molecule has 1 aromatic heterocycles. The van der Waals surface area contributed by atoms with E-state index in [1.165, 1.54) is 7.11 Å². The molecular weight excluding hydrogens is 274 g/mol. The van der Waals surface area contributed by atoms with Crippen molar-refractivity contribution in [3.05, 3.63) is 20.7 Å². The molecule has 1 aromatic rings. The third-order valence-electron chi connectivity index (χ3n) is 2.24. The van der Waals surface area contributed by atoms with Gasteiger partial charge in [0, 0.05) is 24.7 Å². The van der Waals surface area contributed by atoms with Crippen LogP contribution >= 0.6 is 11.3 Å². The summed E-state index contributed by atoms with van der Waals surface area (Å²) in [5.74, 6) is -0.995. The number of ether oxygens (including phenoxy) is 1. The molecule has 0 saturated heterocycles. The minimum absolute atomic E-state index is 0.0921. The normalized spacial score (nSPS) is 11.8. The first-order valence-electron chi connectivity index (χ1n) is 5.44. The van der Waals surface area contributed by atoms with Crippen molar-refractivity contribution in [3.63, 3.8) is 0 Å². The highest BCUT2D eigenvalue weighted by molar-refractivity contribution is 7.07. The molecule has 1 rings (SSSR count). The van der Waals surface area contributed by atoms with E-state index in [9.17, 15) is 14.4 Å². The van der Waals surface area contributed by atoms with Crippen molar-refractivity contribution in [3.8, 4) is 0 Å². The van der Waals surface area contributed by atoms with Gasteiger partial charge in [-0.3, -0.25) is 9.59 Å². The van der Waals surface area contributed by atoms with Crippen LogP contribution in [0.1, 0.15) is 12.1 Å². The van der Waals surface area contributed by atoms with E-state index in [1.54, 1.807) is 5.38 Å². The van der Waals surface area contributed by atoms with Crippen LogP contribution in [0.25, 0.3) is 0 Å². The van der Waals surface area contributed by atoms with Crippen molar-refractivity contribution < 1.29 is 19.4 Å². The van der Waals surface area contributed by atoms with Crippen molar-refractivity contribution in [2.24, 2.45) is 0 Å². The van der Waals surface area contributed by atoms with E-state index < -0.39 is 18.1 Å². The van der Waals surface area contributed by atoms with Crippen molar-refractivity contribution in [2.45, 2.75) is 19.1 Å². The van der Waals surface area contributed by atoms with Crippen LogP contribution in [0.3, 0.4) is 0 Å². The first-order chi connectivity index (χ1) is 9.01. The first kappa shape index (κ1) is 15.2. The number of carboxylic acid groups (broad SMARTS) is 1. The van der Waals surface area contributed by atoms with E-state index in [0.29, 0.717) is 5.69 Å². The Morgan fingerprint density at radius 2 is 2.26 bits per heavy atom. The minimum atomic E-state index is -0.995. The number of hydrogen-bond acceptors (Lipinski definition) is 5. The van der Waals surface area contributed by atoms with Crippen LogP contribution in [0.5, 0.6) is 0 Å². The average Bonchev–Trinajstić information content (AvgIpc) is 2.77. The van der Waals surface area contributed by atoms with Crippen LogP contribution in [-0.4, -0.2) is 41.8 Å². The number of carbonyl (C=O) groups is 2. The quantitative estimate of drug-likeness (QED) is 0.550. The van der Waals surface area contributed by atoms with Gasteiger partial charge in [0.25, 0.3) is 0 Å². The van der Waals surface area contributed by atoms with E-state index in [-0.39, 0.29) is 24.4 Å². The van der Waals surface area contributed by atoms with Crippen molar-refractivity contribution in [1.82, 2.24) is 15.6 Å². The topological polar surface area (TPSA) is 121 Å². The molecule has 0 fully saturated rings. The number of aromatic amines is 1. The van der Waals surface area contributed by atoms with E-state index in [0.717, 1.165) is 11.3 Å². The highest BCUT2D eigenvalue weighted by Crippen LogP contribution is 1.96. The average molecular weight is 289 g/mol. The lowest BCUT2D eigenvalue weighted by molar-refractivity contribution is -0.139. The predicted molar refractivity (Wildman–Crippen MR) is 68.2 cm³/mol. The number of hydrogen-bond donors (Lipinski definition) is 4. The third kappa shape index (κ3) is 6.02. The van der Waals surface area contributed by atoms with Crippen LogP contribution in [0.2, 0.25) is 0 Å². The molecule has 9 heteroatoms. The second-order valence-electron chi connectivity index (χ2n) is 3.69. The van der Waals surface area contributed by atoms with Gasteiger partial charge in [-0.05, 0) is 0 Å². The molecule has 1 heterocycles. The van der Waals surface area contributed by atoms with Crippen LogP contribution in [0, 0.1) is 0 Å². The fraction of sp³-hybridized carbons (Fsp3) is 0.500. The zero-order valence-corrected chi connectivity index (χ0v) is 11.1. The molecule has 19 heavy (non-hydrogen) atoms. The molecule has 1 atom stereocenters. The van der Waals surface area contributed by atoms with Gasteiger partial charge in [-0.2, -0.15) is 0 Å². The number of carboxylic acids is 1. The lowest BCUT2D eigenvalue weighted by atomic mass is 10.2. The van der Waals surface area contributed by atoms with Crippen molar-refractivity contribution in [1.29, 1.82) is 0 Å². The number of aliphatic carboxylic acids is 1. The summed E-state index contributed by atoms with van der Waals surface area (Å²) in [6.07, 6.45) is -0.765. The zero-order valence-electron chi connectivity index (χ0n) is 10.3. The summed E-state index contributed by atoms with van der Waals surface area (Å²) in [5.41, 5.74) is 0.610. The molecule has 0 aliphatic heterocycles. The molecule has 0 radical (unpaired) electrons. The maximum atomic E-state index is 11.4. The highest BCUT2D eigenvalue weighted by atomic mass is 32.1. The zero-order chi connectivity index (χ0) is 14.3. The van der Waals surface area contributed by atoms with Crippen LogP contribution in [-0.2, 0) is 16.1 Å². The van der Waals surface area contributed by atoms with E-state index in [1.807, 2.05) is 0 Å². The fourth-order valence-electron chi connectivity index (χ4n) is 1.28. The molecule has 4 N–H and O–H groups in total. The molecular formula is C10H15N3O5S. The summed E-state index contributed by atoms with van der Waals surface area (Å²) in [7, 11) is 1.38. The lowest BCUT2D eigenvalue weighted by Crippen LogP contribution is -2.40. The summed E-state index contributed by atoms with van der Waals surface area (Å²) in [6.45, 7) is 0.288. The smallest absolute Gasteiger partial charge is 0.315 e. The number of methoxy groups -OCH3 is 1. The standard InChI is InChI=1S/C10H15N3O5S/c1-18-7(2-8(14)15)4-12-9(16)11-3-6-5-19-10(17)13-6/h5,7H,2-4H2,1H3,(H,13,17)(H,14,15)(H2,11,12,16). The molecule has 0 aliphatic carbocycles. The molecule has 0 spiro atoms. The van der Waals surface area contributed by atoms with Gasteiger partial charge in [-0.1, -0.05) is 11.3 Å². The number of H-pyrrole nitrogens is 1. The van der Waals surface area contributed by atoms with Gasteiger partial charge < -0.3 is 25.5 Å². The Balaban J connectivity index is 2.27. The SMILES string of the molecule is COC(CNC(=O)NCc1csc(=O)[nH]1)CC(=O)O. The number of thiazole rings is 1. The second-order valence-corrected chi connectivity index (χ2v) is 4.53. The Kier molecular flexibility index (Phi) is 6.03. The molecule has 1 unspecified atom stereocenters. The molecule has 0 bridgehead atoms. The van der Waals surface area contributed by atoms with E-state index >= 15 is 0 Å². The Bertz CT molecular complexity index is 484. The summed E-state index contributed by atoms with van der Waals surface area (Å²) in [6, 6.07) is -0.459. The first-order valence-corrected chi connectivity index (χ1v) is 6.32. The van der Waals surface area contributed by atoms with Gasteiger partial charge in [-0.25, -0.2) is 4.79 Å². The lowest BCUT2D eigenvalue weighted by Gasteiger charge is -2.14. The Labute approximate surface area is 112 Å². The molecule has 0 saturated carbocycles. The molecule has 106 valence electrons. The summed E-state index contributed by atoms with van der Waals surface area (Å²) >= 11 is 1.02. The Hall–Kier alpha value is -1.87. The number of urea groups is 1. The molecule has 2 amide bonds. The maximum absolute atomic E-state index is 11.4. The highest BCUT2D eigenvalue weighted by Gasteiger charge is 2.13. The van der Waals surface area contributed by atoms with Gasteiger partial charge in [0.2, 0.25) is 0 Å². The van der Waals surface area contributed by atoms with Gasteiger partial charge in [0.1, 0.15) is 0 Å². The molecule has 8 nitrogen and oxygen atoms in total. The number of aromatic nitrogens is 1. The van der Waals surface area contributed by atoms with Crippen LogP contribution in [0.15, 0.2) is 10.2 Å². The minimum Gasteiger partial charge on any atom is -0.481 e. The summed E-state index contributed by atoms with van der Waals surface area (Å²) < 4.78 is 4.91. The van der Waals surface area contributed by atoms with Gasteiger partial charge in [0.05, 0.1) is 19.1 Å². The van der Waals surface area contributed by atoms with Gasteiger partial charge in [0.15, 0.2) is 0 Å². The van der Waals surface area contributed by atoms with E-state index in [4.69, 9.17) is 9.84 Å². The van der Waals surface area contributed by atoms with Gasteiger partial charge in [-0.15, -0.1) is 0 Å². The molecule has 0 aromatic carbocycles. The van der Waals surface area contributed by atoms with Crippen LogP contribution in [0.4, 0.5) is 4.79 Å². The number of carbonyl (C=O) groups excluding carboxylic acids is 1. The number of rotatable bonds is 7. The summed E-state index contributed by atoms with van der Waals surface area (Å²) in [4.78, 5) is 35.1. The van der Waals surface area contributed by atoms with Crippen molar-refractivity contribution >= 4 is 23.3 Å². The molecule has 0 aliphatic rings. The van der Waals surface area contributed by atoms with Crippen molar-refractivity contribution in [2.75, 3.05) is 13.7 Å². The fourth-order valence-corrected chi connectivity index (χ4v) is 1.86.